The van der Waals surface area contributed by atoms with E-state index >= 15 is 0 Å². The number of aliphatic imine (C=N–C) groups is 1. The highest BCUT2D eigenvalue weighted by atomic mass is 19.2. The van der Waals surface area contributed by atoms with E-state index < -0.39 is 52.5 Å². The molecule has 1 aromatic carbocycles. The SMILES string of the molecule is CCC(=N[C@@H]1C[C@@H]1F)C(C(=O)O)=C(O)c1ccc(F)c(F)c1F. The second-order valence-corrected chi connectivity index (χ2v) is 5.00. The number of benzene rings is 1. The van der Waals surface area contributed by atoms with Crippen molar-refractivity contribution < 1.29 is 32.6 Å². The van der Waals surface area contributed by atoms with Gasteiger partial charge in [-0.05, 0) is 18.6 Å². The molecular weight excluding hydrogens is 318 g/mol. The zero-order valence-corrected chi connectivity index (χ0v) is 12.0. The van der Waals surface area contributed by atoms with E-state index in [2.05, 4.69) is 4.99 Å². The van der Waals surface area contributed by atoms with Gasteiger partial charge in [0, 0.05) is 6.42 Å². The summed E-state index contributed by atoms with van der Waals surface area (Å²) in [5.74, 6) is -7.75. The molecule has 0 aromatic heterocycles. The van der Waals surface area contributed by atoms with Crippen molar-refractivity contribution in [2.45, 2.75) is 32.0 Å². The zero-order chi connectivity index (χ0) is 17.3. The summed E-state index contributed by atoms with van der Waals surface area (Å²) in [6.45, 7) is 1.52. The van der Waals surface area contributed by atoms with E-state index in [1.807, 2.05) is 0 Å². The van der Waals surface area contributed by atoms with Gasteiger partial charge in [0.05, 0.1) is 17.3 Å². The van der Waals surface area contributed by atoms with Crippen LogP contribution in [-0.2, 0) is 4.79 Å². The van der Waals surface area contributed by atoms with E-state index in [1.165, 1.54) is 6.92 Å². The van der Waals surface area contributed by atoms with Crippen LogP contribution in [0.4, 0.5) is 17.6 Å². The molecule has 2 N–H and O–H groups in total. The predicted molar refractivity (Wildman–Crippen MR) is 74.5 cm³/mol. The first kappa shape index (κ1) is 17.0. The minimum Gasteiger partial charge on any atom is -0.506 e. The number of carboxylic acids is 1. The van der Waals surface area contributed by atoms with Crippen LogP contribution in [0.2, 0.25) is 0 Å². The van der Waals surface area contributed by atoms with E-state index in [-0.39, 0.29) is 18.6 Å². The van der Waals surface area contributed by atoms with Crippen LogP contribution in [0.15, 0.2) is 22.7 Å². The highest BCUT2D eigenvalue weighted by Crippen LogP contribution is 2.31. The molecule has 0 saturated heterocycles. The number of aliphatic hydroxyl groups is 1. The van der Waals surface area contributed by atoms with E-state index in [0.29, 0.717) is 12.1 Å². The third kappa shape index (κ3) is 3.35. The molecule has 23 heavy (non-hydrogen) atoms. The summed E-state index contributed by atoms with van der Waals surface area (Å²) in [6.07, 6.45) is -1.02. The van der Waals surface area contributed by atoms with Gasteiger partial charge in [0.1, 0.15) is 17.5 Å². The molecule has 0 aliphatic heterocycles. The molecule has 1 aromatic rings. The molecular formula is C15H13F4NO3. The number of hydrogen-bond donors (Lipinski definition) is 2. The van der Waals surface area contributed by atoms with Gasteiger partial charge in [-0.3, -0.25) is 4.99 Å². The molecule has 0 amide bonds. The van der Waals surface area contributed by atoms with Gasteiger partial charge in [-0.25, -0.2) is 22.4 Å². The molecule has 1 fully saturated rings. The predicted octanol–water partition coefficient (Wildman–Crippen LogP) is 3.42. The lowest BCUT2D eigenvalue weighted by Gasteiger charge is -2.10. The summed E-state index contributed by atoms with van der Waals surface area (Å²) in [5.41, 5.74) is -1.73. The second kappa shape index (κ2) is 6.39. The van der Waals surface area contributed by atoms with Crippen LogP contribution in [0.3, 0.4) is 0 Å². The number of carbonyl (C=O) groups is 1. The first-order valence-corrected chi connectivity index (χ1v) is 6.79. The van der Waals surface area contributed by atoms with Crippen LogP contribution >= 0.6 is 0 Å². The first-order valence-electron chi connectivity index (χ1n) is 6.79. The molecule has 0 unspecified atom stereocenters. The van der Waals surface area contributed by atoms with Crippen molar-refractivity contribution in [2.75, 3.05) is 0 Å². The highest BCUT2D eigenvalue weighted by molar-refractivity contribution is 6.23. The minimum absolute atomic E-state index is 0.0280. The van der Waals surface area contributed by atoms with Gasteiger partial charge >= 0.3 is 5.97 Å². The average Bonchev–Trinajstić information content (AvgIpc) is 3.18. The molecule has 0 heterocycles. The van der Waals surface area contributed by atoms with Crippen molar-refractivity contribution in [2.24, 2.45) is 4.99 Å². The van der Waals surface area contributed by atoms with Crippen molar-refractivity contribution in [3.05, 3.63) is 40.7 Å². The number of hydrogen-bond acceptors (Lipinski definition) is 3. The van der Waals surface area contributed by atoms with Crippen LogP contribution in [0.25, 0.3) is 5.76 Å². The van der Waals surface area contributed by atoms with Crippen LogP contribution in [0, 0.1) is 17.5 Å². The molecule has 8 heteroatoms. The molecule has 1 saturated carbocycles. The second-order valence-electron chi connectivity index (χ2n) is 5.00. The van der Waals surface area contributed by atoms with Gasteiger partial charge < -0.3 is 10.2 Å². The smallest absolute Gasteiger partial charge is 0.341 e. The Hall–Kier alpha value is -2.38. The molecule has 2 atom stereocenters. The number of halogens is 4. The van der Waals surface area contributed by atoms with Crippen molar-refractivity contribution in [3.8, 4) is 0 Å². The van der Waals surface area contributed by atoms with Crippen molar-refractivity contribution in [1.82, 2.24) is 0 Å². The Bertz CT molecular complexity index is 715. The lowest BCUT2D eigenvalue weighted by Crippen LogP contribution is -2.16. The van der Waals surface area contributed by atoms with Crippen molar-refractivity contribution >= 4 is 17.4 Å². The summed E-state index contributed by atoms with van der Waals surface area (Å²) in [6, 6.07) is 0.570. The third-order valence-electron chi connectivity index (χ3n) is 3.37. The van der Waals surface area contributed by atoms with E-state index in [1.54, 1.807) is 0 Å². The highest BCUT2D eigenvalue weighted by Gasteiger charge is 2.38. The Balaban J connectivity index is 2.58. The van der Waals surface area contributed by atoms with Crippen LogP contribution in [0.5, 0.6) is 0 Å². The van der Waals surface area contributed by atoms with Crippen molar-refractivity contribution in [1.29, 1.82) is 0 Å². The van der Waals surface area contributed by atoms with Gasteiger partial charge in [-0.15, -0.1) is 0 Å². The first-order chi connectivity index (χ1) is 10.8. The molecule has 4 nitrogen and oxygen atoms in total. The van der Waals surface area contributed by atoms with Gasteiger partial charge in [0.15, 0.2) is 17.5 Å². The minimum atomic E-state index is -1.83. The normalized spacial score (nSPS) is 21.9. The summed E-state index contributed by atoms with van der Waals surface area (Å²) in [5, 5.41) is 19.3. The largest absolute Gasteiger partial charge is 0.506 e. The maximum atomic E-state index is 13.7. The van der Waals surface area contributed by atoms with Gasteiger partial charge in [-0.2, -0.15) is 0 Å². The summed E-state index contributed by atoms with van der Waals surface area (Å²) in [4.78, 5) is 15.3. The number of carboxylic acid groups (broad SMARTS) is 1. The standard InChI is InChI=1S/C15H13F4NO3/c1-2-9(20-10-5-8(10)17)11(15(22)23)14(21)6-3-4-7(16)13(19)12(6)18/h3-4,8,10,21H,2,5H2,1H3,(H,22,23)/t8-,10+/m0/s1. The lowest BCUT2D eigenvalue weighted by molar-refractivity contribution is -0.132. The Morgan fingerprint density at radius 3 is 2.35 bits per heavy atom. The van der Waals surface area contributed by atoms with Crippen LogP contribution in [0.1, 0.15) is 25.3 Å². The van der Waals surface area contributed by atoms with Gasteiger partial charge in [0.2, 0.25) is 0 Å². The van der Waals surface area contributed by atoms with Gasteiger partial charge in [-0.1, -0.05) is 6.92 Å². The van der Waals surface area contributed by atoms with Crippen molar-refractivity contribution in [3.63, 3.8) is 0 Å². The quantitative estimate of drug-likeness (QED) is 0.286. The lowest BCUT2D eigenvalue weighted by atomic mass is 10.0. The Labute approximate surface area is 128 Å². The van der Waals surface area contributed by atoms with Crippen LogP contribution < -0.4 is 0 Å². The molecule has 0 radical (unpaired) electrons. The molecule has 0 bridgehead atoms. The van der Waals surface area contributed by atoms with E-state index in [9.17, 15) is 32.6 Å². The molecule has 1 aliphatic rings. The number of aliphatic hydroxyl groups excluding tert-OH is 1. The fourth-order valence-electron chi connectivity index (χ4n) is 2.02. The van der Waals surface area contributed by atoms with E-state index in [0.717, 1.165) is 0 Å². The fourth-order valence-corrected chi connectivity index (χ4v) is 2.02. The monoisotopic (exact) mass is 331 g/mol. The fraction of sp³-hybridized carbons (Fsp3) is 0.333. The van der Waals surface area contributed by atoms with Gasteiger partial charge in [0.25, 0.3) is 0 Å². The Kier molecular flexibility index (Phi) is 4.72. The van der Waals surface area contributed by atoms with E-state index in [4.69, 9.17) is 0 Å². The summed E-state index contributed by atoms with van der Waals surface area (Å²) >= 11 is 0. The maximum Gasteiger partial charge on any atom is 0.341 e. The maximum absolute atomic E-state index is 13.7. The number of aliphatic carboxylic acids is 1. The summed E-state index contributed by atoms with van der Waals surface area (Å²) < 4.78 is 52.9. The Morgan fingerprint density at radius 2 is 1.87 bits per heavy atom. The summed E-state index contributed by atoms with van der Waals surface area (Å²) in [7, 11) is 0. The third-order valence-corrected chi connectivity index (χ3v) is 3.37. The topological polar surface area (TPSA) is 69.9 Å². The average molecular weight is 331 g/mol. The number of alkyl halides is 1. The Morgan fingerprint density at radius 1 is 1.26 bits per heavy atom. The number of nitrogens with zero attached hydrogens (tertiary/aromatic N) is 1. The number of rotatable bonds is 5. The molecule has 2 rings (SSSR count). The zero-order valence-electron chi connectivity index (χ0n) is 12.0. The van der Waals surface area contributed by atoms with Crippen LogP contribution in [-0.4, -0.2) is 34.1 Å². The molecule has 124 valence electrons. The molecule has 1 aliphatic carbocycles. The molecule has 0 spiro atoms.